The van der Waals surface area contributed by atoms with E-state index in [2.05, 4.69) is 31.9 Å². The summed E-state index contributed by atoms with van der Waals surface area (Å²) in [7, 11) is 0. The molecule has 0 atom stereocenters. The van der Waals surface area contributed by atoms with Crippen LogP contribution in [0.25, 0.3) is 0 Å². The van der Waals surface area contributed by atoms with Gasteiger partial charge >= 0.3 is 0 Å². The molecule has 0 fully saturated rings. The first-order chi connectivity index (χ1) is 6.37. The van der Waals surface area contributed by atoms with Crippen LogP contribution in [0, 0.1) is 0 Å². The zero-order chi connectivity index (χ0) is 10.8. The van der Waals surface area contributed by atoms with Crippen molar-refractivity contribution in [3.8, 4) is 5.75 Å². The van der Waals surface area contributed by atoms with Gasteiger partial charge in [0.2, 0.25) is 0 Å². The summed E-state index contributed by atoms with van der Waals surface area (Å²) < 4.78 is 31.4. The average molecular weight is 330 g/mol. The van der Waals surface area contributed by atoms with E-state index in [0.717, 1.165) is 15.9 Å². The van der Waals surface area contributed by atoms with Gasteiger partial charge in [-0.15, -0.1) is 0 Å². The topological polar surface area (TPSA) is 9.23 Å². The molecule has 14 heavy (non-hydrogen) atoms. The van der Waals surface area contributed by atoms with Crippen LogP contribution >= 0.6 is 31.9 Å². The van der Waals surface area contributed by atoms with E-state index in [0.29, 0.717) is 5.75 Å². The molecule has 0 aliphatic carbocycles. The predicted octanol–water partition coefficient (Wildman–Crippen LogP) is 4.25. The quantitative estimate of drug-likeness (QED) is 0.805. The van der Waals surface area contributed by atoms with E-state index in [-0.39, 0.29) is 0 Å². The molecule has 0 saturated heterocycles. The van der Waals surface area contributed by atoms with Gasteiger partial charge in [0.05, 0.1) is 0 Å². The second-order valence-corrected chi connectivity index (χ2v) is 4.80. The van der Waals surface area contributed by atoms with Crippen LogP contribution in [0.3, 0.4) is 0 Å². The normalized spacial score (nSPS) is 11.5. The van der Waals surface area contributed by atoms with Crippen LogP contribution in [0.5, 0.6) is 5.75 Å². The van der Waals surface area contributed by atoms with Crippen molar-refractivity contribution >= 4 is 31.9 Å². The lowest BCUT2D eigenvalue weighted by molar-refractivity contribution is -0.0229. The van der Waals surface area contributed by atoms with E-state index in [1.54, 1.807) is 18.2 Å². The summed E-state index contributed by atoms with van der Waals surface area (Å²) in [4.78, 5) is 0. The van der Waals surface area contributed by atoms with Crippen LogP contribution in [0.15, 0.2) is 27.1 Å². The Hall–Kier alpha value is -0.160. The van der Waals surface area contributed by atoms with Gasteiger partial charge in [0.25, 0.3) is 5.92 Å². The Bertz CT molecular complexity index is 303. The number of hydrogen-bond donors (Lipinski definition) is 0. The number of rotatable bonds is 3. The number of hydrogen-bond acceptors (Lipinski definition) is 1. The minimum Gasteiger partial charge on any atom is -0.487 e. The van der Waals surface area contributed by atoms with Gasteiger partial charge in [0.1, 0.15) is 5.75 Å². The zero-order valence-electron chi connectivity index (χ0n) is 7.36. The van der Waals surface area contributed by atoms with E-state index in [4.69, 9.17) is 4.74 Å². The maximum Gasteiger partial charge on any atom is 0.278 e. The molecule has 0 aliphatic rings. The molecule has 0 spiro atoms. The highest BCUT2D eigenvalue weighted by molar-refractivity contribution is 9.11. The molecule has 0 radical (unpaired) electrons. The molecular weight excluding hydrogens is 322 g/mol. The van der Waals surface area contributed by atoms with Crippen molar-refractivity contribution in [1.29, 1.82) is 0 Å². The van der Waals surface area contributed by atoms with Crippen LogP contribution in [-0.4, -0.2) is 12.5 Å². The maximum absolute atomic E-state index is 12.5. The zero-order valence-corrected chi connectivity index (χ0v) is 10.5. The summed E-state index contributed by atoms with van der Waals surface area (Å²) in [5.41, 5.74) is 0. The molecule has 5 heteroatoms. The second-order valence-electron chi connectivity index (χ2n) is 2.96. The number of alkyl halides is 2. The lowest BCUT2D eigenvalue weighted by Gasteiger charge is -2.12. The summed E-state index contributed by atoms with van der Waals surface area (Å²) in [6.07, 6.45) is 0. The Morgan fingerprint density at radius 1 is 1.21 bits per heavy atom. The molecule has 0 aliphatic heterocycles. The highest BCUT2D eigenvalue weighted by Crippen LogP contribution is 2.26. The van der Waals surface area contributed by atoms with Gasteiger partial charge in [-0.05, 0) is 18.2 Å². The molecule has 1 aromatic carbocycles. The van der Waals surface area contributed by atoms with Crippen molar-refractivity contribution in [2.45, 2.75) is 12.8 Å². The predicted molar refractivity (Wildman–Crippen MR) is 58.0 cm³/mol. The van der Waals surface area contributed by atoms with Gasteiger partial charge < -0.3 is 4.74 Å². The van der Waals surface area contributed by atoms with Crippen molar-refractivity contribution in [2.75, 3.05) is 6.61 Å². The van der Waals surface area contributed by atoms with Crippen LogP contribution in [0.2, 0.25) is 0 Å². The van der Waals surface area contributed by atoms with E-state index in [9.17, 15) is 8.78 Å². The fourth-order valence-electron chi connectivity index (χ4n) is 0.822. The molecule has 1 nitrogen and oxygen atoms in total. The van der Waals surface area contributed by atoms with E-state index >= 15 is 0 Å². The first kappa shape index (κ1) is 11.9. The first-order valence-electron chi connectivity index (χ1n) is 3.83. The minimum absolute atomic E-state index is 0.410. The van der Waals surface area contributed by atoms with Crippen molar-refractivity contribution in [3.05, 3.63) is 27.1 Å². The average Bonchev–Trinajstić information content (AvgIpc) is 1.97. The lowest BCUT2D eigenvalue weighted by Crippen LogP contribution is -2.20. The standard InChI is InChI=1S/C9H8Br2F2O/c1-9(12,13)5-14-8-3-6(10)2-7(11)4-8/h2-4H,5H2,1H3. The lowest BCUT2D eigenvalue weighted by atomic mass is 10.3. The van der Waals surface area contributed by atoms with Gasteiger partial charge in [0.15, 0.2) is 6.61 Å². The number of benzene rings is 1. The van der Waals surface area contributed by atoms with Crippen molar-refractivity contribution in [3.63, 3.8) is 0 Å². The minimum atomic E-state index is -2.81. The largest absolute Gasteiger partial charge is 0.487 e. The number of ether oxygens (including phenoxy) is 1. The number of halogens is 4. The van der Waals surface area contributed by atoms with E-state index < -0.39 is 12.5 Å². The third-order valence-electron chi connectivity index (χ3n) is 1.33. The van der Waals surface area contributed by atoms with Crippen molar-refractivity contribution < 1.29 is 13.5 Å². The summed E-state index contributed by atoms with van der Waals surface area (Å²) in [6.45, 7) is 0.204. The van der Waals surface area contributed by atoms with E-state index in [1.165, 1.54) is 0 Å². The molecule has 0 heterocycles. The second kappa shape index (κ2) is 4.57. The van der Waals surface area contributed by atoms with Gasteiger partial charge in [-0.1, -0.05) is 31.9 Å². The molecular formula is C9H8Br2F2O. The Kier molecular flexibility index (Phi) is 3.89. The Labute approximate surface area is 97.7 Å². The maximum atomic E-state index is 12.5. The van der Waals surface area contributed by atoms with Crippen LogP contribution in [-0.2, 0) is 0 Å². The van der Waals surface area contributed by atoms with Crippen LogP contribution < -0.4 is 4.74 Å². The fourth-order valence-corrected chi connectivity index (χ4v) is 2.07. The van der Waals surface area contributed by atoms with Crippen LogP contribution in [0.4, 0.5) is 8.78 Å². The van der Waals surface area contributed by atoms with E-state index in [1.807, 2.05) is 0 Å². The molecule has 78 valence electrons. The Morgan fingerprint density at radius 2 is 1.71 bits per heavy atom. The molecule has 0 bridgehead atoms. The highest BCUT2D eigenvalue weighted by Gasteiger charge is 2.22. The van der Waals surface area contributed by atoms with Gasteiger partial charge in [0, 0.05) is 15.9 Å². The smallest absolute Gasteiger partial charge is 0.278 e. The van der Waals surface area contributed by atoms with Gasteiger partial charge in [-0.2, -0.15) is 0 Å². The molecule has 0 N–H and O–H groups in total. The molecule has 1 rings (SSSR count). The molecule has 0 unspecified atom stereocenters. The summed E-state index contributed by atoms with van der Waals surface area (Å²) in [6, 6.07) is 5.07. The summed E-state index contributed by atoms with van der Waals surface area (Å²) >= 11 is 6.47. The van der Waals surface area contributed by atoms with Crippen molar-refractivity contribution in [1.82, 2.24) is 0 Å². The molecule has 0 aromatic heterocycles. The molecule has 0 saturated carbocycles. The first-order valence-corrected chi connectivity index (χ1v) is 5.42. The molecule has 0 amide bonds. The summed E-state index contributed by atoms with van der Waals surface area (Å²) in [5.74, 6) is -2.40. The molecule has 1 aromatic rings. The fraction of sp³-hybridized carbons (Fsp3) is 0.333. The SMILES string of the molecule is CC(F)(F)COc1cc(Br)cc(Br)c1. The third-order valence-corrected chi connectivity index (χ3v) is 2.24. The monoisotopic (exact) mass is 328 g/mol. The Morgan fingerprint density at radius 3 is 2.14 bits per heavy atom. The third kappa shape index (κ3) is 4.37. The van der Waals surface area contributed by atoms with Crippen LogP contribution in [0.1, 0.15) is 6.92 Å². The highest BCUT2D eigenvalue weighted by atomic mass is 79.9. The van der Waals surface area contributed by atoms with Gasteiger partial charge in [-0.25, -0.2) is 8.78 Å². The Balaban J connectivity index is 2.68. The van der Waals surface area contributed by atoms with Crippen molar-refractivity contribution in [2.24, 2.45) is 0 Å². The van der Waals surface area contributed by atoms with Gasteiger partial charge in [-0.3, -0.25) is 0 Å². The summed E-state index contributed by atoms with van der Waals surface area (Å²) in [5, 5.41) is 0.